The van der Waals surface area contributed by atoms with Crippen molar-refractivity contribution >= 4 is 16.3 Å². The molecule has 9 heteroatoms. The minimum absolute atomic E-state index is 0.116. The number of fused-ring (bicyclic) bond motifs is 1. The second kappa shape index (κ2) is 7.34. The zero-order valence-electron chi connectivity index (χ0n) is 15.5. The number of aryl methyl sites for hydroxylation is 1. The topological polar surface area (TPSA) is 81.4 Å². The number of hydrogen-bond donors (Lipinski definition) is 1. The van der Waals surface area contributed by atoms with Crippen LogP contribution in [-0.4, -0.2) is 65.1 Å². The minimum atomic E-state index is -0.191. The van der Waals surface area contributed by atoms with Gasteiger partial charge in [-0.05, 0) is 19.1 Å². The molecule has 1 atom stereocenters. The Kier molecular flexibility index (Phi) is 4.90. The molecule has 2 aromatic heterocycles. The summed E-state index contributed by atoms with van der Waals surface area (Å²) in [6.45, 7) is 4.62. The maximum Gasteiger partial charge on any atom is 0.230 e. The van der Waals surface area contributed by atoms with E-state index in [0.29, 0.717) is 29.7 Å². The number of aromatic nitrogens is 3. The fourth-order valence-electron chi connectivity index (χ4n) is 3.41. The molecule has 1 fully saturated rings. The molecule has 0 bridgehead atoms. The van der Waals surface area contributed by atoms with E-state index >= 15 is 0 Å². The Bertz CT molecular complexity index is 948. The predicted octanol–water partition coefficient (Wildman–Crippen LogP) is 2.24. The van der Waals surface area contributed by atoms with Crippen LogP contribution in [-0.2, 0) is 4.74 Å². The first kappa shape index (κ1) is 18.0. The van der Waals surface area contributed by atoms with Crippen LogP contribution < -0.4 is 9.47 Å². The van der Waals surface area contributed by atoms with Crippen molar-refractivity contribution in [3.8, 4) is 17.4 Å². The largest absolute Gasteiger partial charge is 0.497 e. The van der Waals surface area contributed by atoms with Gasteiger partial charge < -0.3 is 19.3 Å². The van der Waals surface area contributed by atoms with Crippen LogP contribution in [0.3, 0.4) is 0 Å². The molecule has 1 saturated heterocycles. The van der Waals surface area contributed by atoms with Gasteiger partial charge in [-0.1, -0.05) is 11.3 Å². The Morgan fingerprint density at radius 1 is 1.22 bits per heavy atom. The standard InChI is InChI=1S/C18H22N4O4S/c1-11-19-18-22(20-11)17(23)16(27-18)15(21-6-8-26-9-7-21)13-5-4-12(24-2)10-14(13)25-3/h4-5,10,15,23H,6-9H2,1-3H3/t15-/m0/s1. The number of ether oxygens (including phenoxy) is 3. The third-order valence-electron chi connectivity index (χ3n) is 4.70. The van der Waals surface area contributed by atoms with E-state index in [-0.39, 0.29) is 11.9 Å². The Hall–Kier alpha value is -2.36. The van der Waals surface area contributed by atoms with Crippen molar-refractivity contribution in [2.24, 2.45) is 0 Å². The predicted molar refractivity (Wildman–Crippen MR) is 101 cm³/mol. The highest BCUT2D eigenvalue weighted by atomic mass is 32.1. The van der Waals surface area contributed by atoms with E-state index in [0.717, 1.165) is 29.3 Å². The highest BCUT2D eigenvalue weighted by Crippen LogP contribution is 2.43. The monoisotopic (exact) mass is 390 g/mol. The molecule has 0 radical (unpaired) electrons. The van der Waals surface area contributed by atoms with Crippen molar-refractivity contribution in [1.29, 1.82) is 0 Å². The molecule has 27 heavy (non-hydrogen) atoms. The number of thiazole rings is 1. The summed E-state index contributed by atoms with van der Waals surface area (Å²) >= 11 is 1.44. The Labute approximate surface area is 160 Å². The summed E-state index contributed by atoms with van der Waals surface area (Å²) in [7, 11) is 3.27. The molecule has 1 aliphatic heterocycles. The quantitative estimate of drug-likeness (QED) is 0.715. The first-order chi connectivity index (χ1) is 13.1. The molecular formula is C18H22N4O4S. The normalized spacial score (nSPS) is 16.6. The molecule has 0 spiro atoms. The van der Waals surface area contributed by atoms with Gasteiger partial charge in [-0.2, -0.15) is 4.52 Å². The molecular weight excluding hydrogens is 368 g/mol. The molecule has 0 amide bonds. The number of morpholine rings is 1. The fraction of sp³-hybridized carbons (Fsp3) is 0.444. The average Bonchev–Trinajstić information content (AvgIpc) is 3.20. The van der Waals surface area contributed by atoms with Gasteiger partial charge in [0.05, 0.1) is 38.4 Å². The molecule has 0 saturated carbocycles. The SMILES string of the molecule is COc1ccc([C@@H](c2sc3nc(C)nn3c2O)N2CCOCC2)c(OC)c1. The van der Waals surface area contributed by atoms with Crippen molar-refractivity contribution < 1.29 is 19.3 Å². The van der Waals surface area contributed by atoms with E-state index < -0.39 is 0 Å². The number of aromatic hydroxyl groups is 1. The van der Waals surface area contributed by atoms with Crippen molar-refractivity contribution in [2.75, 3.05) is 40.5 Å². The Morgan fingerprint density at radius 3 is 2.67 bits per heavy atom. The molecule has 144 valence electrons. The summed E-state index contributed by atoms with van der Waals surface area (Å²) < 4.78 is 18.0. The van der Waals surface area contributed by atoms with E-state index in [1.165, 1.54) is 15.9 Å². The van der Waals surface area contributed by atoms with Crippen LogP contribution in [0.5, 0.6) is 17.4 Å². The van der Waals surface area contributed by atoms with Gasteiger partial charge in [0.25, 0.3) is 0 Å². The smallest absolute Gasteiger partial charge is 0.230 e. The van der Waals surface area contributed by atoms with E-state index in [1.54, 1.807) is 14.2 Å². The van der Waals surface area contributed by atoms with Crippen LogP contribution in [0, 0.1) is 6.92 Å². The first-order valence-corrected chi connectivity index (χ1v) is 9.52. The van der Waals surface area contributed by atoms with Crippen molar-refractivity contribution in [2.45, 2.75) is 13.0 Å². The Morgan fingerprint density at radius 2 is 2.00 bits per heavy atom. The lowest BCUT2D eigenvalue weighted by molar-refractivity contribution is 0.0237. The molecule has 1 aliphatic rings. The summed E-state index contributed by atoms with van der Waals surface area (Å²) in [5.41, 5.74) is 0.955. The molecule has 3 heterocycles. The van der Waals surface area contributed by atoms with Crippen LogP contribution in [0.1, 0.15) is 22.3 Å². The molecule has 0 unspecified atom stereocenters. The number of benzene rings is 1. The van der Waals surface area contributed by atoms with Gasteiger partial charge in [-0.15, -0.1) is 5.10 Å². The third-order valence-corrected chi connectivity index (χ3v) is 5.77. The lowest BCUT2D eigenvalue weighted by Crippen LogP contribution is -2.39. The average molecular weight is 390 g/mol. The van der Waals surface area contributed by atoms with Gasteiger partial charge in [0.1, 0.15) is 17.3 Å². The molecule has 3 aromatic rings. The number of rotatable bonds is 5. The van der Waals surface area contributed by atoms with Crippen LogP contribution in [0.4, 0.5) is 0 Å². The number of methoxy groups -OCH3 is 2. The van der Waals surface area contributed by atoms with Crippen molar-refractivity contribution in [3.63, 3.8) is 0 Å². The number of nitrogens with zero attached hydrogens (tertiary/aromatic N) is 4. The van der Waals surface area contributed by atoms with Crippen LogP contribution in [0.25, 0.3) is 4.96 Å². The molecule has 0 aliphatic carbocycles. The zero-order valence-corrected chi connectivity index (χ0v) is 16.3. The van der Waals surface area contributed by atoms with Gasteiger partial charge in [0.15, 0.2) is 0 Å². The molecule has 4 rings (SSSR count). The maximum absolute atomic E-state index is 10.9. The molecule has 8 nitrogen and oxygen atoms in total. The Balaban J connectivity index is 1.86. The van der Waals surface area contributed by atoms with E-state index in [4.69, 9.17) is 14.2 Å². The van der Waals surface area contributed by atoms with Crippen molar-refractivity contribution in [1.82, 2.24) is 19.5 Å². The van der Waals surface area contributed by atoms with Gasteiger partial charge in [0, 0.05) is 24.7 Å². The van der Waals surface area contributed by atoms with Gasteiger partial charge in [-0.3, -0.25) is 4.90 Å². The second-order valence-electron chi connectivity index (χ2n) is 6.30. The number of hydrogen-bond acceptors (Lipinski definition) is 8. The maximum atomic E-state index is 10.9. The van der Waals surface area contributed by atoms with Crippen LogP contribution >= 0.6 is 11.3 Å². The fourth-order valence-corrected chi connectivity index (χ4v) is 4.56. The van der Waals surface area contributed by atoms with E-state index in [1.807, 2.05) is 25.1 Å². The third kappa shape index (κ3) is 3.22. The molecule has 1 N–H and O–H groups in total. The second-order valence-corrected chi connectivity index (χ2v) is 7.31. The van der Waals surface area contributed by atoms with E-state index in [9.17, 15) is 5.11 Å². The van der Waals surface area contributed by atoms with Gasteiger partial charge in [0.2, 0.25) is 10.8 Å². The first-order valence-electron chi connectivity index (χ1n) is 8.71. The van der Waals surface area contributed by atoms with Gasteiger partial charge in [-0.25, -0.2) is 4.98 Å². The lowest BCUT2D eigenvalue weighted by Gasteiger charge is -2.34. The van der Waals surface area contributed by atoms with Gasteiger partial charge >= 0.3 is 0 Å². The van der Waals surface area contributed by atoms with Crippen molar-refractivity contribution in [3.05, 3.63) is 34.5 Å². The van der Waals surface area contributed by atoms with E-state index in [2.05, 4.69) is 15.0 Å². The minimum Gasteiger partial charge on any atom is -0.497 e. The highest BCUT2D eigenvalue weighted by Gasteiger charge is 2.32. The summed E-state index contributed by atoms with van der Waals surface area (Å²) in [5.74, 6) is 2.18. The summed E-state index contributed by atoms with van der Waals surface area (Å²) in [4.78, 5) is 8.14. The highest BCUT2D eigenvalue weighted by molar-refractivity contribution is 7.17. The van der Waals surface area contributed by atoms with Crippen LogP contribution in [0.15, 0.2) is 18.2 Å². The lowest BCUT2D eigenvalue weighted by atomic mass is 10.0. The summed E-state index contributed by atoms with van der Waals surface area (Å²) in [5, 5.41) is 15.2. The zero-order chi connectivity index (χ0) is 19.0. The summed E-state index contributed by atoms with van der Waals surface area (Å²) in [6.07, 6.45) is 0. The molecule has 1 aromatic carbocycles. The summed E-state index contributed by atoms with van der Waals surface area (Å²) in [6, 6.07) is 5.56. The van der Waals surface area contributed by atoms with Crippen LogP contribution in [0.2, 0.25) is 0 Å².